The van der Waals surface area contributed by atoms with Crippen molar-refractivity contribution < 1.29 is 0 Å². The van der Waals surface area contributed by atoms with Gasteiger partial charge in [-0.3, -0.25) is 0 Å². The highest BCUT2D eigenvalue weighted by atomic mass is 79.9. The van der Waals surface area contributed by atoms with Gasteiger partial charge >= 0.3 is 0 Å². The molecule has 0 bridgehead atoms. The fraction of sp³-hybridized carbons (Fsp3) is 0.778. The second-order valence-electron chi connectivity index (χ2n) is 3.02. The summed E-state index contributed by atoms with van der Waals surface area (Å²) >= 11 is 3.62. The van der Waals surface area contributed by atoms with E-state index in [1.54, 1.807) is 0 Å². The van der Waals surface area contributed by atoms with Crippen LogP contribution in [0.3, 0.4) is 0 Å². The van der Waals surface area contributed by atoms with Gasteiger partial charge in [0.15, 0.2) is 0 Å². The van der Waals surface area contributed by atoms with Crippen LogP contribution in [-0.4, -0.2) is 4.83 Å². The second-order valence-corrected chi connectivity index (χ2v) is 4.31. The summed E-state index contributed by atoms with van der Waals surface area (Å²) in [5, 5.41) is 0. The molecule has 2 unspecified atom stereocenters. The summed E-state index contributed by atoms with van der Waals surface area (Å²) in [6.07, 6.45) is 11.4. The van der Waals surface area contributed by atoms with Crippen LogP contribution in [0.5, 0.6) is 0 Å². The molecule has 0 N–H and O–H groups in total. The van der Waals surface area contributed by atoms with Gasteiger partial charge in [-0.25, -0.2) is 0 Å². The molecule has 1 fully saturated rings. The quantitative estimate of drug-likeness (QED) is 0.476. The molecule has 1 rings (SSSR count). The van der Waals surface area contributed by atoms with Crippen molar-refractivity contribution in [2.45, 2.75) is 36.9 Å². The van der Waals surface area contributed by atoms with E-state index in [-0.39, 0.29) is 0 Å². The summed E-state index contributed by atoms with van der Waals surface area (Å²) in [6.45, 7) is 0. The van der Waals surface area contributed by atoms with Crippen molar-refractivity contribution in [1.29, 1.82) is 0 Å². The van der Waals surface area contributed by atoms with Gasteiger partial charge in [0.1, 0.15) is 0 Å². The molecule has 0 aromatic carbocycles. The Morgan fingerprint density at radius 1 is 1.50 bits per heavy atom. The van der Waals surface area contributed by atoms with Crippen molar-refractivity contribution in [2.24, 2.45) is 5.92 Å². The van der Waals surface area contributed by atoms with E-state index < -0.39 is 0 Å². The van der Waals surface area contributed by atoms with E-state index in [0.717, 1.165) is 17.2 Å². The lowest BCUT2D eigenvalue weighted by Crippen LogP contribution is -1.93. The Hall–Kier alpha value is 0.0400. The molecule has 0 amide bonds. The van der Waals surface area contributed by atoms with Gasteiger partial charge in [0.25, 0.3) is 0 Å². The van der Waals surface area contributed by atoms with Crippen molar-refractivity contribution in [2.75, 3.05) is 0 Å². The molecule has 1 aliphatic rings. The molecule has 56 valence electrons. The van der Waals surface area contributed by atoms with Crippen molar-refractivity contribution in [1.82, 2.24) is 0 Å². The third-order valence-electron chi connectivity index (χ3n) is 2.17. The lowest BCUT2D eigenvalue weighted by Gasteiger charge is -2.04. The van der Waals surface area contributed by atoms with Crippen LogP contribution in [0, 0.1) is 18.3 Å². The zero-order valence-corrected chi connectivity index (χ0v) is 7.73. The Morgan fingerprint density at radius 3 is 2.80 bits per heavy atom. The van der Waals surface area contributed by atoms with Crippen LogP contribution in [0.1, 0.15) is 32.1 Å². The molecule has 0 aliphatic heterocycles. The molecule has 0 heterocycles. The predicted molar refractivity (Wildman–Crippen MR) is 48.1 cm³/mol. The van der Waals surface area contributed by atoms with Crippen LogP contribution in [0.25, 0.3) is 0 Å². The van der Waals surface area contributed by atoms with E-state index in [1.165, 1.54) is 25.7 Å². The molecule has 0 aromatic rings. The first-order valence-electron chi connectivity index (χ1n) is 3.90. The van der Waals surface area contributed by atoms with Crippen molar-refractivity contribution in [3.63, 3.8) is 0 Å². The molecular formula is C9H13Br. The summed E-state index contributed by atoms with van der Waals surface area (Å²) < 4.78 is 0. The van der Waals surface area contributed by atoms with Gasteiger partial charge in [-0.05, 0) is 31.6 Å². The third kappa shape index (κ3) is 2.34. The maximum Gasteiger partial charge on any atom is 0.0148 e. The van der Waals surface area contributed by atoms with Gasteiger partial charge in [0.05, 0.1) is 0 Å². The number of rotatable bonds is 2. The average Bonchev–Trinajstić information content (AvgIpc) is 2.31. The van der Waals surface area contributed by atoms with Gasteiger partial charge in [-0.15, -0.1) is 12.3 Å². The van der Waals surface area contributed by atoms with Crippen LogP contribution in [0.2, 0.25) is 0 Å². The molecule has 0 aromatic heterocycles. The highest BCUT2D eigenvalue weighted by Crippen LogP contribution is 2.33. The minimum atomic E-state index is 0.773. The van der Waals surface area contributed by atoms with E-state index >= 15 is 0 Å². The summed E-state index contributed by atoms with van der Waals surface area (Å²) in [5.41, 5.74) is 0. The molecular weight excluding hydrogens is 188 g/mol. The first-order valence-corrected chi connectivity index (χ1v) is 4.82. The number of hydrogen-bond acceptors (Lipinski definition) is 0. The Bertz CT molecular complexity index is 134. The lowest BCUT2D eigenvalue weighted by atomic mass is 10.0. The van der Waals surface area contributed by atoms with E-state index in [0.29, 0.717) is 0 Å². The highest BCUT2D eigenvalue weighted by molar-refractivity contribution is 9.09. The Kier molecular flexibility index (Phi) is 3.28. The molecule has 1 saturated carbocycles. The fourth-order valence-electron chi connectivity index (χ4n) is 1.56. The van der Waals surface area contributed by atoms with Crippen LogP contribution >= 0.6 is 15.9 Å². The molecule has 0 spiro atoms. The molecule has 0 saturated heterocycles. The topological polar surface area (TPSA) is 0 Å². The minimum absolute atomic E-state index is 0.773. The van der Waals surface area contributed by atoms with E-state index in [4.69, 9.17) is 6.42 Å². The summed E-state index contributed by atoms with van der Waals surface area (Å²) in [4.78, 5) is 0.773. The first-order chi connectivity index (χ1) is 4.83. The standard InChI is InChI=1S/C9H13Br/c1-2-3-4-8-5-6-9(10)7-8/h1,8-9H,3-7H2. The third-order valence-corrected chi connectivity index (χ3v) is 3.01. The highest BCUT2D eigenvalue weighted by Gasteiger charge is 2.21. The number of terminal acetylenes is 1. The fourth-order valence-corrected chi connectivity index (χ4v) is 2.36. The van der Waals surface area contributed by atoms with Gasteiger partial charge in [-0.1, -0.05) is 15.9 Å². The van der Waals surface area contributed by atoms with Crippen LogP contribution < -0.4 is 0 Å². The number of halogens is 1. The lowest BCUT2D eigenvalue weighted by molar-refractivity contribution is 0.514. The molecule has 1 aliphatic carbocycles. The van der Waals surface area contributed by atoms with Gasteiger partial charge in [-0.2, -0.15) is 0 Å². The SMILES string of the molecule is C#CCCC1CCC(Br)C1. The van der Waals surface area contributed by atoms with Crippen LogP contribution in [-0.2, 0) is 0 Å². The average molecular weight is 201 g/mol. The maximum atomic E-state index is 5.18. The Morgan fingerprint density at radius 2 is 2.30 bits per heavy atom. The zero-order chi connectivity index (χ0) is 7.40. The molecule has 10 heavy (non-hydrogen) atoms. The largest absolute Gasteiger partial charge is 0.120 e. The smallest absolute Gasteiger partial charge is 0.0148 e. The summed E-state index contributed by atoms with van der Waals surface area (Å²) in [7, 11) is 0. The van der Waals surface area contributed by atoms with Gasteiger partial charge < -0.3 is 0 Å². The number of hydrogen-bond donors (Lipinski definition) is 0. The van der Waals surface area contributed by atoms with E-state index in [1.807, 2.05) is 0 Å². The predicted octanol–water partition coefficient (Wildman–Crippen LogP) is 2.96. The van der Waals surface area contributed by atoms with Crippen LogP contribution in [0.15, 0.2) is 0 Å². The van der Waals surface area contributed by atoms with Crippen molar-refractivity contribution in [3.05, 3.63) is 0 Å². The van der Waals surface area contributed by atoms with E-state index in [2.05, 4.69) is 21.9 Å². The van der Waals surface area contributed by atoms with Crippen LogP contribution in [0.4, 0.5) is 0 Å². The second kappa shape index (κ2) is 4.03. The molecule has 0 nitrogen and oxygen atoms in total. The zero-order valence-electron chi connectivity index (χ0n) is 6.15. The Balaban J connectivity index is 2.14. The number of alkyl halides is 1. The van der Waals surface area contributed by atoms with E-state index in [9.17, 15) is 0 Å². The maximum absolute atomic E-state index is 5.18. The summed E-state index contributed by atoms with van der Waals surface area (Å²) in [6, 6.07) is 0. The monoisotopic (exact) mass is 200 g/mol. The summed E-state index contributed by atoms with van der Waals surface area (Å²) in [5.74, 6) is 3.60. The molecule has 2 atom stereocenters. The van der Waals surface area contributed by atoms with Crippen molar-refractivity contribution >= 4 is 15.9 Å². The van der Waals surface area contributed by atoms with Gasteiger partial charge in [0.2, 0.25) is 0 Å². The minimum Gasteiger partial charge on any atom is -0.120 e. The Labute approximate surface area is 71.5 Å². The van der Waals surface area contributed by atoms with Gasteiger partial charge in [0, 0.05) is 11.2 Å². The molecule has 0 radical (unpaired) electrons. The normalized spacial score (nSPS) is 32.0. The first kappa shape index (κ1) is 8.14. The molecule has 1 heteroatoms. The van der Waals surface area contributed by atoms with Crippen molar-refractivity contribution in [3.8, 4) is 12.3 Å².